The lowest BCUT2D eigenvalue weighted by molar-refractivity contribution is 0.149. The average Bonchev–Trinajstić information content (AvgIpc) is 3.26. The van der Waals surface area contributed by atoms with Crippen LogP contribution >= 0.6 is 0 Å². The minimum absolute atomic E-state index is 0.0266. The van der Waals surface area contributed by atoms with Gasteiger partial charge in [-0.2, -0.15) is 5.26 Å². The molecule has 1 aliphatic rings. The first kappa shape index (κ1) is 18.9. The zero-order chi connectivity index (χ0) is 18.3. The van der Waals surface area contributed by atoms with Crippen LogP contribution < -0.4 is 4.43 Å². The lowest BCUT2D eigenvalue weighted by Crippen LogP contribution is -2.44. The van der Waals surface area contributed by atoms with Crippen LogP contribution in [0.1, 0.15) is 44.7 Å². The van der Waals surface area contributed by atoms with E-state index >= 15 is 0 Å². The summed E-state index contributed by atoms with van der Waals surface area (Å²) in [5.74, 6) is -1.56. The molecule has 132 valence electrons. The highest BCUT2D eigenvalue weighted by molar-refractivity contribution is 6.74. The topological polar surface area (TPSA) is 53.2 Å². The monoisotopic (exact) mass is 353 g/mol. The van der Waals surface area contributed by atoms with Gasteiger partial charge in [-0.05, 0) is 36.9 Å². The van der Waals surface area contributed by atoms with Gasteiger partial charge in [0.15, 0.2) is 0 Å². The molecule has 3 nitrogen and oxygen atoms in total. The molecule has 1 fully saturated rings. The summed E-state index contributed by atoms with van der Waals surface area (Å²) in [7, 11) is -2.40. The molecule has 0 heterocycles. The lowest BCUT2D eigenvalue weighted by atomic mass is 10.0. The fourth-order valence-electron chi connectivity index (χ4n) is 2.31. The van der Waals surface area contributed by atoms with E-state index < -0.39 is 26.1 Å². The van der Waals surface area contributed by atoms with Crippen molar-refractivity contribution in [3.05, 3.63) is 28.8 Å². The Balaban J connectivity index is 2.51. The van der Waals surface area contributed by atoms with Crippen molar-refractivity contribution in [1.29, 1.82) is 5.26 Å². The van der Waals surface area contributed by atoms with Crippen molar-refractivity contribution in [2.24, 2.45) is 5.92 Å². The Hall–Kier alpha value is -1.45. The molecule has 6 heteroatoms. The van der Waals surface area contributed by atoms with Crippen LogP contribution in [0.25, 0.3) is 0 Å². The Kier molecular flexibility index (Phi) is 5.08. The third kappa shape index (κ3) is 3.78. The van der Waals surface area contributed by atoms with E-state index in [0.29, 0.717) is 6.07 Å². The second kappa shape index (κ2) is 6.45. The molecule has 0 amide bonds. The van der Waals surface area contributed by atoms with E-state index in [4.69, 9.17) is 4.43 Å². The van der Waals surface area contributed by atoms with Crippen LogP contribution in [-0.4, -0.2) is 19.5 Å². The number of rotatable bonds is 5. The Labute approximate surface area is 143 Å². The van der Waals surface area contributed by atoms with Gasteiger partial charge in [0.25, 0.3) is 8.32 Å². The Bertz CT molecular complexity index is 673. The van der Waals surface area contributed by atoms with Crippen LogP contribution in [0.5, 0.6) is 5.75 Å². The normalized spacial score (nSPS) is 16.6. The van der Waals surface area contributed by atoms with Gasteiger partial charge in [-0.15, -0.1) is 0 Å². The van der Waals surface area contributed by atoms with Crippen molar-refractivity contribution in [3.8, 4) is 11.8 Å². The highest BCUT2D eigenvalue weighted by Crippen LogP contribution is 2.42. The SMILES string of the molecule is CC(C)(C)[Si](C)(C)Oc1c(C#N)c(F)cc(F)c1CC(O)C1CC1. The second-order valence-electron chi connectivity index (χ2n) is 8.11. The van der Waals surface area contributed by atoms with Gasteiger partial charge in [-0.25, -0.2) is 8.78 Å². The van der Waals surface area contributed by atoms with Gasteiger partial charge in [0.05, 0.1) is 6.10 Å². The predicted molar refractivity (Wildman–Crippen MR) is 91.3 cm³/mol. The van der Waals surface area contributed by atoms with Crippen molar-refractivity contribution in [3.63, 3.8) is 0 Å². The summed E-state index contributed by atoms with van der Waals surface area (Å²) in [5, 5.41) is 19.3. The van der Waals surface area contributed by atoms with Gasteiger partial charge in [0.2, 0.25) is 0 Å². The van der Waals surface area contributed by atoms with Crippen molar-refractivity contribution < 1.29 is 18.3 Å². The van der Waals surface area contributed by atoms with E-state index in [1.165, 1.54) is 0 Å². The largest absolute Gasteiger partial charge is 0.542 e. The molecule has 1 saturated carbocycles. The van der Waals surface area contributed by atoms with Gasteiger partial charge in [0, 0.05) is 18.1 Å². The van der Waals surface area contributed by atoms with Crippen LogP contribution in [0, 0.1) is 28.9 Å². The highest BCUT2D eigenvalue weighted by Gasteiger charge is 2.41. The number of hydrogen-bond acceptors (Lipinski definition) is 3. The van der Waals surface area contributed by atoms with Crippen LogP contribution in [0.3, 0.4) is 0 Å². The molecular weight excluding hydrogens is 328 g/mol. The van der Waals surface area contributed by atoms with Crippen molar-refractivity contribution >= 4 is 8.32 Å². The molecule has 1 N–H and O–H groups in total. The molecular formula is C18H25F2NO2Si. The van der Waals surface area contributed by atoms with Crippen molar-refractivity contribution in [2.75, 3.05) is 0 Å². The number of benzene rings is 1. The summed E-state index contributed by atoms with van der Waals surface area (Å²) in [4.78, 5) is 0. The third-order valence-corrected chi connectivity index (χ3v) is 9.46. The number of nitriles is 1. The maximum absolute atomic E-state index is 14.4. The minimum atomic E-state index is -2.40. The zero-order valence-electron chi connectivity index (χ0n) is 14.9. The summed E-state index contributed by atoms with van der Waals surface area (Å²) in [6.45, 7) is 9.95. The molecule has 0 saturated heterocycles. The van der Waals surface area contributed by atoms with Gasteiger partial charge < -0.3 is 9.53 Å². The molecule has 2 rings (SSSR count). The van der Waals surface area contributed by atoms with E-state index in [9.17, 15) is 19.1 Å². The molecule has 1 aromatic rings. The fourth-order valence-corrected chi connectivity index (χ4v) is 3.35. The van der Waals surface area contributed by atoms with Gasteiger partial charge in [-0.3, -0.25) is 0 Å². The number of aliphatic hydroxyl groups is 1. The molecule has 0 bridgehead atoms. The van der Waals surface area contributed by atoms with Gasteiger partial charge in [-0.1, -0.05) is 20.8 Å². The van der Waals surface area contributed by atoms with Crippen LogP contribution in [-0.2, 0) is 6.42 Å². The van der Waals surface area contributed by atoms with Crippen molar-refractivity contribution in [1.82, 2.24) is 0 Å². The van der Waals surface area contributed by atoms with E-state index in [0.717, 1.165) is 12.8 Å². The van der Waals surface area contributed by atoms with Crippen LogP contribution in [0.2, 0.25) is 18.1 Å². The minimum Gasteiger partial charge on any atom is -0.542 e. The fraction of sp³-hybridized carbons (Fsp3) is 0.611. The molecule has 1 aliphatic carbocycles. The van der Waals surface area contributed by atoms with E-state index in [-0.39, 0.29) is 34.3 Å². The quantitative estimate of drug-likeness (QED) is 0.791. The average molecular weight is 353 g/mol. The predicted octanol–water partition coefficient (Wildman–Crippen LogP) is 4.53. The molecule has 24 heavy (non-hydrogen) atoms. The summed E-state index contributed by atoms with van der Waals surface area (Å²) in [5.41, 5.74) is -0.170. The first-order chi connectivity index (χ1) is 11.0. The molecule has 0 aliphatic heterocycles. The number of aliphatic hydroxyl groups excluding tert-OH is 1. The van der Waals surface area contributed by atoms with Crippen LogP contribution in [0.4, 0.5) is 8.78 Å². The molecule has 0 radical (unpaired) electrons. The van der Waals surface area contributed by atoms with Crippen LogP contribution in [0.15, 0.2) is 6.07 Å². The molecule has 1 unspecified atom stereocenters. The summed E-state index contributed by atoms with van der Waals surface area (Å²) in [6, 6.07) is 2.51. The van der Waals surface area contributed by atoms with Crippen molar-refractivity contribution in [2.45, 2.75) is 64.3 Å². The first-order valence-electron chi connectivity index (χ1n) is 8.26. The summed E-state index contributed by atoms with van der Waals surface area (Å²) >= 11 is 0. The number of halogens is 2. The molecule has 0 aromatic heterocycles. The van der Waals surface area contributed by atoms with E-state index in [1.54, 1.807) is 6.07 Å². The maximum atomic E-state index is 14.4. The Morgan fingerprint density at radius 2 is 1.92 bits per heavy atom. The molecule has 1 atom stereocenters. The Morgan fingerprint density at radius 3 is 2.38 bits per heavy atom. The van der Waals surface area contributed by atoms with E-state index in [2.05, 4.69) is 0 Å². The Morgan fingerprint density at radius 1 is 1.33 bits per heavy atom. The number of hydrogen-bond donors (Lipinski definition) is 1. The maximum Gasteiger partial charge on any atom is 0.250 e. The molecule has 0 spiro atoms. The summed E-state index contributed by atoms with van der Waals surface area (Å²) in [6.07, 6.45) is 1.16. The highest BCUT2D eigenvalue weighted by atomic mass is 28.4. The first-order valence-corrected chi connectivity index (χ1v) is 11.2. The molecule has 1 aromatic carbocycles. The third-order valence-electron chi connectivity index (χ3n) is 5.14. The zero-order valence-corrected chi connectivity index (χ0v) is 15.9. The second-order valence-corrected chi connectivity index (χ2v) is 12.8. The van der Waals surface area contributed by atoms with Gasteiger partial charge in [0.1, 0.15) is 29.0 Å². The van der Waals surface area contributed by atoms with E-state index in [1.807, 2.05) is 33.9 Å². The standard InChI is InChI=1S/C18H25F2NO2Si/c1-18(2,3)24(4,5)23-17-12(8-16(22)11-6-7-11)14(19)9-15(20)13(17)10-21/h9,11,16,22H,6-8H2,1-5H3. The van der Waals surface area contributed by atoms with Gasteiger partial charge >= 0.3 is 0 Å². The summed E-state index contributed by atoms with van der Waals surface area (Å²) < 4.78 is 34.6. The lowest BCUT2D eigenvalue weighted by Gasteiger charge is -2.37. The smallest absolute Gasteiger partial charge is 0.250 e. The number of nitrogens with zero attached hydrogens (tertiary/aromatic N) is 1.